The van der Waals surface area contributed by atoms with Gasteiger partial charge in [0.2, 0.25) is 0 Å². The van der Waals surface area contributed by atoms with Crippen LogP contribution < -0.4 is 0 Å². The number of aliphatic hydroxyl groups is 15. The highest BCUT2D eigenvalue weighted by molar-refractivity contribution is 5.30. The minimum absolute atomic E-state index is 0.0771. The first-order valence-corrected chi connectivity index (χ1v) is 64.1. The average Bonchev–Trinajstić information content (AvgIpc) is 1.61. The van der Waals surface area contributed by atoms with Gasteiger partial charge in [0.05, 0.1) is 89.5 Å². The van der Waals surface area contributed by atoms with Crippen LogP contribution in [0.15, 0.2) is 34.9 Å². The minimum Gasteiger partial charge on any atom is -0.393 e. The van der Waals surface area contributed by atoms with Gasteiger partial charge in [0.1, 0.15) is 0 Å². The van der Waals surface area contributed by atoms with Gasteiger partial charge in [0.15, 0.2) is 0 Å². The van der Waals surface area contributed by atoms with Gasteiger partial charge >= 0.3 is 0 Å². The summed E-state index contributed by atoms with van der Waals surface area (Å²) in [5, 5.41) is 163. The molecule has 17 saturated carbocycles. The number of allylic oxidation sites excluding steroid dienone is 3. The Kier molecular flexibility index (Phi) is 36.9. The van der Waals surface area contributed by atoms with E-state index >= 15 is 0 Å². The third-order valence-electron chi connectivity index (χ3n) is 53.0. The number of aliphatic hydroxyl groups excluding tert-OH is 11. The molecule has 0 aliphatic heterocycles. The van der Waals surface area contributed by atoms with E-state index in [0.29, 0.717) is 132 Å². The molecule has 20 rings (SSSR count). The van der Waals surface area contributed by atoms with Gasteiger partial charge in [-0.2, -0.15) is 0 Å². The maximum Gasteiger partial charge on any atom is 0.0910 e. The van der Waals surface area contributed by atoms with Gasteiger partial charge < -0.3 is 76.6 Å². The van der Waals surface area contributed by atoms with Crippen molar-refractivity contribution in [1.29, 1.82) is 0 Å². The van der Waals surface area contributed by atoms with Crippen molar-refractivity contribution in [1.82, 2.24) is 0 Å². The summed E-state index contributed by atoms with van der Waals surface area (Å²) in [6, 6.07) is 0. The molecule has 149 heavy (non-hydrogen) atoms. The van der Waals surface area contributed by atoms with Crippen molar-refractivity contribution in [3.05, 3.63) is 34.9 Å². The third kappa shape index (κ3) is 22.4. The van der Waals surface area contributed by atoms with Crippen LogP contribution in [0, 0.1) is 214 Å². The van der Waals surface area contributed by atoms with Crippen molar-refractivity contribution in [3.8, 4) is 0 Å². The summed E-state index contributed by atoms with van der Waals surface area (Å²) >= 11 is 0. The molecule has 0 aromatic heterocycles. The number of hydrogen-bond donors (Lipinski definition) is 15. The molecular formula is C134H232O15. The SMILES string of the molecule is CC(C)CC[C@@H](O)[C@@H](O)[C@H]1CC[C@H]2[C@@H]3CC=C4C[C@@H](O)CC[C@]4(C)[C@H]3CC[C@]12C.CC(C)CC[C@@H](O)[C@@](C)(O)[C@H]1CC[C@H]2[C@@H]3CC=C4C[C@@H](O)CC[C@]4(C)[C@H]3CC[C@]12C.CC(C)CC[C@@H](O)[C@@](C)(O)[C@H]1CC[C@H]2[C@@H]3CC[C@H]4C[C@@H](O)CC[C@]4(C)[C@H]3CC[C@]12C.CC(C)CC[C@H](O)[C@@](C)(O)[C@H]1CC[C@H]2[C@@H]3CC=C4C[C@@H](O)CC[C@]4(C)[C@H]3CC[C@]12C.CC(C)CC[C@H](O)[C@@](C)(O)[C@H]1CC[C@H]2[C@@H]3CC[C@H]4C[C@@H](O)CC[C@]4(C)[C@H]3CC[C@]12C. The number of fused-ring (bicyclic) bond motifs is 25. The summed E-state index contributed by atoms with van der Waals surface area (Å²) < 4.78 is 0. The molecule has 17 fully saturated rings. The Morgan fingerprint density at radius 2 is 0.483 bits per heavy atom. The highest BCUT2D eigenvalue weighted by Gasteiger charge is 2.70. The molecule has 0 amide bonds. The number of rotatable bonds is 25. The average molecular weight is 2080 g/mol. The fourth-order valence-corrected chi connectivity index (χ4v) is 43.8. The van der Waals surface area contributed by atoms with Gasteiger partial charge in [0, 0.05) is 0 Å². The van der Waals surface area contributed by atoms with Gasteiger partial charge in [-0.1, -0.05) is 173 Å². The largest absolute Gasteiger partial charge is 0.393 e. The van der Waals surface area contributed by atoms with Crippen LogP contribution in [0.1, 0.15) is 500 Å². The zero-order chi connectivity index (χ0) is 109. The van der Waals surface area contributed by atoms with Gasteiger partial charge in [-0.15, -0.1) is 0 Å². The Hall–Kier alpha value is -1.38. The van der Waals surface area contributed by atoms with E-state index in [1.165, 1.54) is 152 Å². The first kappa shape index (κ1) is 120. The van der Waals surface area contributed by atoms with E-state index in [9.17, 15) is 76.6 Å². The van der Waals surface area contributed by atoms with Crippen molar-refractivity contribution < 1.29 is 76.6 Å². The molecule has 858 valence electrons. The molecule has 0 spiro atoms. The topological polar surface area (TPSA) is 303 Å². The fraction of sp³-hybridized carbons (Fsp3) is 0.955. The molecule has 20 aliphatic rings. The predicted octanol–water partition coefficient (Wildman–Crippen LogP) is 27.1. The molecule has 0 saturated heterocycles. The van der Waals surface area contributed by atoms with Gasteiger partial charge in [-0.25, -0.2) is 0 Å². The van der Waals surface area contributed by atoms with Crippen LogP contribution in [0.4, 0.5) is 0 Å². The van der Waals surface area contributed by atoms with E-state index in [4.69, 9.17) is 0 Å². The Bertz CT molecular complexity index is 4240. The maximum absolute atomic E-state index is 11.6. The lowest BCUT2D eigenvalue weighted by molar-refractivity contribution is -0.167. The Balaban J connectivity index is 0.000000133. The maximum atomic E-state index is 11.6. The second-order valence-corrected chi connectivity index (χ2v) is 62.9. The lowest BCUT2D eigenvalue weighted by atomic mass is 9.44. The van der Waals surface area contributed by atoms with Crippen molar-refractivity contribution in [2.75, 3.05) is 0 Å². The zero-order valence-corrected chi connectivity index (χ0v) is 99.6. The monoisotopic (exact) mass is 2080 g/mol. The normalized spacial score (nSPS) is 47.5. The molecule has 0 bridgehead atoms. The molecule has 15 N–H and O–H groups in total. The zero-order valence-electron chi connectivity index (χ0n) is 99.6. The molecule has 15 heteroatoms. The Labute approximate surface area is 909 Å². The summed E-state index contributed by atoms with van der Waals surface area (Å²) in [6.45, 7) is 54.3. The van der Waals surface area contributed by atoms with Crippen LogP contribution in [-0.4, -0.2) is 166 Å². The van der Waals surface area contributed by atoms with E-state index < -0.39 is 59.0 Å². The summed E-state index contributed by atoms with van der Waals surface area (Å²) in [4.78, 5) is 0. The van der Waals surface area contributed by atoms with Crippen LogP contribution in [0.25, 0.3) is 0 Å². The summed E-state index contributed by atoms with van der Waals surface area (Å²) in [5.74, 6) is 15.9. The standard InChI is InChI=1S/2C27H48O3.2C27H46O3.C26H44O3/c4*1-17(2)6-11-24(29)27(5,30)23-10-9-21-20-8-7-18-16-19(28)12-14-25(18,3)22(20)13-15-26(21,23)4;1-16(2)5-10-23(28)24(29)22-9-8-20-19-7-6-17-15-18(27)11-13-25(17,3)21(19)12-14-26(20,22)4/h2*17-24,28-30H,6-16H2,1-5H3;2*7,17,19-24,28-30H,6,8-16H2,1-5H3;6,16,18-24,27-29H,5,7-15H2,1-4H3/t18-,19-,20-,21-,22-,23-,24+,25-,26-,27-;18-,19-,20-,21-,22-,23-,24-,25-,26-,27-;19-,20-,21-,22-,23-,24+,25-,26-,27-;19-,20-,21-,22-,23-,24-,25-,26-,27-;18-,19-,20-,21-,22+,23+,24-,25-,26-/m00000/s1. The Morgan fingerprint density at radius 3 is 0.772 bits per heavy atom. The second-order valence-electron chi connectivity index (χ2n) is 62.9. The molecule has 0 aromatic carbocycles. The van der Waals surface area contributed by atoms with E-state index in [0.717, 1.165) is 208 Å². The van der Waals surface area contributed by atoms with Crippen LogP contribution in [0.5, 0.6) is 0 Å². The molecule has 15 nitrogen and oxygen atoms in total. The highest BCUT2D eigenvalue weighted by Crippen LogP contribution is 2.76. The van der Waals surface area contributed by atoms with Crippen molar-refractivity contribution in [2.45, 2.75) is 590 Å². The third-order valence-corrected chi connectivity index (χ3v) is 53.0. The summed E-state index contributed by atoms with van der Waals surface area (Å²) in [5.41, 5.74) is 2.94. The molecule has 20 aliphatic carbocycles. The highest BCUT2D eigenvalue weighted by atomic mass is 16.4. The van der Waals surface area contributed by atoms with Crippen LogP contribution >= 0.6 is 0 Å². The first-order chi connectivity index (χ1) is 69.7. The number of hydrogen-bond acceptors (Lipinski definition) is 15. The first-order valence-electron chi connectivity index (χ1n) is 64.1. The predicted molar refractivity (Wildman–Crippen MR) is 605 cm³/mol. The van der Waals surface area contributed by atoms with Gasteiger partial charge in [-0.3, -0.25) is 0 Å². The van der Waals surface area contributed by atoms with Crippen molar-refractivity contribution >= 4 is 0 Å². The van der Waals surface area contributed by atoms with Gasteiger partial charge in [-0.05, 0) is 576 Å². The van der Waals surface area contributed by atoms with Crippen molar-refractivity contribution in [3.63, 3.8) is 0 Å². The van der Waals surface area contributed by atoms with Crippen LogP contribution in [-0.2, 0) is 0 Å². The molecule has 0 heterocycles. The van der Waals surface area contributed by atoms with E-state index in [-0.39, 0.29) is 103 Å². The van der Waals surface area contributed by atoms with E-state index in [1.54, 1.807) is 0 Å². The molecule has 47 atom stereocenters. The van der Waals surface area contributed by atoms with Crippen LogP contribution in [0.2, 0.25) is 0 Å². The summed E-state index contributed by atoms with van der Waals surface area (Å²) in [6.07, 6.45) is 58.9. The van der Waals surface area contributed by atoms with Crippen LogP contribution in [0.3, 0.4) is 0 Å². The van der Waals surface area contributed by atoms with E-state index in [2.05, 4.69) is 157 Å². The van der Waals surface area contributed by atoms with Gasteiger partial charge in [0.25, 0.3) is 0 Å². The molecule has 0 aromatic rings. The quantitative estimate of drug-likeness (QED) is 0.0378. The van der Waals surface area contributed by atoms with Crippen molar-refractivity contribution in [2.24, 2.45) is 214 Å². The molecule has 0 radical (unpaired) electrons. The minimum atomic E-state index is -1.00. The lowest BCUT2D eigenvalue weighted by Crippen LogP contribution is -2.57. The fourth-order valence-electron chi connectivity index (χ4n) is 43.8. The van der Waals surface area contributed by atoms with E-state index in [1.807, 2.05) is 27.7 Å². The summed E-state index contributed by atoms with van der Waals surface area (Å²) in [7, 11) is 0. The second kappa shape index (κ2) is 45.8. The lowest BCUT2D eigenvalue weighted by Gasteiger charge is -2.61. The smallest absolute Gasteiger partial charge is 0.0910 e. The Morgan fingerprint density at radius 1 is 0.248 bits per heavy atom. The molecule has 0 unspecified atom stereocenters. The molecular weight excluding hydrogens is 1850 g/mol.